The summed E-state index contributed by atoms with van der Waals surface area (Å²) in [5.74, 6) is 3.05. The Hall–Kier alpha value is -1.38. The van der Waals surface area contributed by atoms with E-state index in [2.05, 4.69) is 31.3 Å². The van der Waals surface area contributed by atoms with Gasteiger partial charge in [-0.1, -0.05) is 20.3 Å². The maximum Gasteiger partial charge on any atom is 0.163 e. The Kier molecular flexibility index (Phi) is 5.16. The third kappa shape index (κ3) is 3.38. The largest absolute Gasteiger partial charge is 0.493 e. The summed E-state index contributed by atoms with van der Waals surface area (Å²) >= 11 is 0. The van der Waals surface area contributed by atoms with Crippen LogP contribution in [0.5, 0.6) is 11.5 Å². The minimum absolute atomic E-state index is 0.548. The third-order valence-corrected chi connectivity index (χ3v) is 4.34. The number of hydrogen-bond acceptors (Lipinski definition) is 3. The van der Waals surface area contributed by atoms with Gasteiger partial charge in [-0.25, -0.2) is 0 Å². The summed E-state index contributed by atoms with van der Waals surface area (Å²) in [7, 11) is 1.68. The van der Waals surface area contributed by atoms with Crippen LogP contribution < -0.4 is 14.8 Å². The molecule has 0 amide bonds. The van der Waals surface area contributed by atoms with Gasteiger partial charge in [0.2, 0.25) is 0 Å². The van der Waals surface area contributed by atoms with Crippen LogP contribution in [0.15, 0.2) is 18.2 Å². The predicted molar refractivity (Wildman–Crippen MR) is 83.8 cm³/mol. The van der Waals surface area contributed by atoms with Gasteiger partial charge in [0.1, 0.15) is 0 Å². The van der Waals surface area contributed by atoms with Crippen molar-refractivity contribution in [1.29, 1.82) is 0 Å². The Balaban J connectivity index is 2.14. The van der Waals surface area contributed by atoms with E-state index in [0.717, 1.165) is 29.0 Å². The van der Waals surface area contributed by atoms with E-state index in [0.29, 0.717) is 12.6 Å². The Morgan fingerprint density at radius 1 is 1.15 bits per heavy atom. The Morgan fingerprint density at radius 3 is 2.45 bits per heavy atom. The van der Waals surface area contributed by atoms with Crippen molar-refractivity contribution in [2.75, 3.05) is 19.0 Å². The molecule has 0 aromatic heterocycles. The molecular formula is C17H27NO2. The van der Waals surface area contributed by atoms with Gasteiger partial charge in [0.05, 0.1) is 13.7 Å². The molecule has 2 unspecified atom stereocenters. The van der Waals surface area contributed by atoms with Gasteiger partial charge in [0, 0.05) is 17.8 Å². The highest BCUT2D eigenvalue weighted by molar-refractivity contribution is 5.55. The molecule has 1 aromatic carbocycles. The first-order valence-electron chi connectivity index (χ1n) is 7.73. The summed E-state index contributed by atoms with van der Waals surface area (Å²) in [4.78, 5) is 0. The van der Waals surface area contributed by atoms with Crippen molar-refractivity contribution < 1.29 is 9.47 Å². The van der Waals surface area contributed by atoms with E-state index in [-0.39, 0.29) is 0 Å². The molecule has 1 aromatic rings. The molecule has 2 rings (SSSR count). The molecule has 0 aliphatic heterocycles. The molecule has 0 bridgehead atoms. The molecule has 1 saturated carbocycles. The zero-order chi connectivity index (χ0) is 14.5. The Labute approximate surface area is 122 Å². The van der Waals surface area contributed by atoms with Gasteiger partial charge < -0.3 is 14.8 Å². The summed E-state index contributed by atoms with van der Waals surface area (Å²) < 4.78 is 11.0. The third-order valence-electron chi connectivity index (χ3n) is 4.34. The van der Waals surface area contributed by atoms with Crippen LogP contribution in [0.3, 0.4) is 0 Å². The molecule has 0 spiro atoms. The lowest BCUT2D eigenvalue weighted by molar-refractivity contribution is 0.268. The highest BCUT2D eigenvalue weighted by Crippen LogP contribution is 2.34. The van der Waals surface area contributed by atoms with Crippen LogP contribution in [-0.2, 0) is 0 Å². The number of ether oxygens (including phenoxy) is 2. The van der Waals surface area contributed by atoms with E-state index in [9.17, 15) is 0 Å². The molecule has 0 radical (unpaired) electrons. The van der Waals surface area contributed by atoms with Gasteiger partial charge in [-0.2, -0.15) is 0 Å². The molecule has 2 atom stereocenters. The maximum atomic E-state index is 5.65. The predicted octanol–water partition coefficient (Wildman–Crippen LogP) is 4.33. The number of benzene rings is 1. The molecule has 1 aliphatic rings. The fourth-order valence-corrected chi connectivity index (χ4v) is 3.19. The van der Waals surface area contributed by atoms with Crippen molar-refractivity contribution in [3.63, 3.8) is 0 Å². The quantitative estimate of drug-likeness (QED) is 0.869. The van der Waals surface area contributed by atoms with Crippen LogP contribution in [0, 0.1) is 11.8 Å². The van der Waals surface area contributed by atoms with Crippen LogP contribution in [0.2, 0.25) is 0 Å². The van der Waals surface area contributed by atoms with E-state index in [1.807, 2.05) is 13.0 Å². The minimum Gasteiger partial charge on any atom is -0.493 e. The van der Waals surface area contributed by atoms with Crippen LogP contribution in [0.25, 0.3) is 0 Å². The number of nitrogens with one attached hydrogen (secondary N) is 1. The standard InChI is InChI=1S/C17H27NO2/c1-5-20-16-11-14(9-10-15(16)19-4)18-17-12(2)7-6-8-13(17)3/h9-13,17-18H,5-8H2,1-4H3. The van der Waals surface area contributed by atoms with Crippen molar-refractivity contribution in [1.82, 2.24) is 0 Å². The summed E-state index contributed by atoms with van der Waals surface area (Å²) in [6.45, 7) is 7.33. The monoisotopic (exact) mass is 277 g/mol. The van der Waals surface area contributed by atoms with Crippen molar-refractivity contribution in [2.45, 2.75) is 46.1 Å². The van der Waals surface area contributed by atoms with E-state index in [1.165, 1.54) is 19.3 Å². The van der Waals surface area contributed by atoms with Crippen LogP contribution >= 0.6 is 0 Å². The lowest BCUT2D eigenvalue weighted by Crippen LogP contribution is -2.37. The number of methoxy groups -OCH3 is 1. The smallest absolute Gasteiger partial charge is 0.163 e. The lowest BCUT2D eigenvalue weighted by atomic mass is 9.78. The molecule has 20 heavy (non-hydrogen) atoms. The zero-order valence-electron chi connectivity index (χ0n) is 13.1. The average molecular weight is 277 g/mol. The van der Waals surface area contributed by atoms with Gasteiger partial charge in [-0.3, -0.25) is 0 Å². The fourth-order valence-electron chi connectivity index (χ4n) is 3.19. The number of anilines is 1. The molecule has 1 N–H and O–H groups in total. The number of rotatable bonds is 5. The second-order valence-electron chi connectivity index (χ2n) is 5.85. The minimum atomic E-state index is 0.548. The van der Waals surface area contributed by atoms with Gasteiger partial charge in [-0.05, 0) is 43.7 Å². The average Bonchev–Trinajstić information content (AvgIpc) is 2.44. The van der Waals surface area contributed by atoms with Crippen LogP contribution in [0.1, 0.15) is 40.0 Å². The van der Waals surface area contributed by atoms with E-state index < -0.39 is 0 Å². The molecule has 0 heterocycles. The first-order valence-corrected chi connectivity index (χ1v) is 7.73. The van der Waals surface area contributed by atoms with Crippen molar-refractivity contribution in [3.05, 3.63) is 18.2 Å². The summed E-state index contributed by atoms with van der Waals surface area (Å²) in [5, 5.41) is 3.69. The second-order valence-corrected chi connectivity index (χ2v) is 5.85. The molecule has 3 heteroatoms. The van der Waals surface area contributed by atoms with Gasteiger partial charge >= 0.3 is 0 Å². The lowest BCUT2D eigenvalue weighted by Gasteiger charge is -2.36. The first-order chi connectivity index (χ1) is 9.65. The molecule has 1 fully saturated rings. The maximum absolute atomic E-state index is 5.65. The van der Waals surface area contributed by atoms with Gasteiger partial charge in [0.15, 0.2) is 11.5 Å². The summed E-state index contributed by atoms with van der Waals surface area (Å²) in [6, 6.07) is 6.66. The highest BCUT2D eigenvalue weighted by atomic mass is 16.5. The molecule has 3 nitrogen and oxygen atoms in total. The first kappa shape index (κ1) is 15.0. The molecule has 112 valence electrons. The van der Waals surface area contributed by atoms with Crippen molar-refractivity contribution in [2.24, 2.45) is 11.8 Å². The molecular weight excluding hydrogens is 250 g/mol. The van der Waals surface area contributed by atoms with E-state index in [1.54, 1.807) is 7.11 Å². The summed E-state index contributed by atoms with van der Waals surface area (Å²) in [5.41, 5.74) is 1.12. The van der Waals surface area contributed by atoms with Crippen molar-refractivity contribution in [3.8, 4) is 11.5 Å². The SMILES string of the molecule is CCOc1cc(NC2C(C)CCCC2C)ccc1OC. The van der Waals surface area contributed by atoms with E-state index >= 15 is 0 Å². The summed E-state index contributed by atoms with van der Waals surface area (Å²) in [6.07, 6.45) is 3.99. The highest BCUT2D eigenvalue weighted by Gasteiger charge is 2.27. The van der Waals surface area contributed by atoms with Crippen LogP contribution in [0.4, 0.5) is 5.69 Å². The van der Waals surface area contributed by atoms with Crippen molar-refractivity contribution >= 4 is 5.69 Å². The normalized spacial score (nSPS) is 26.1. The molecule has 0 saturated heterocycles. The topological polar surface area (TPSA) is 30.5 Å². The zero-order valence-corrected chi connectivity index (χ0v) is 13.1. The number of hydrogen-bond donors (Lipinski definition) is 1. The van der Waals surface area contributed by atoms with Crippen LogP contribution in [-0.4, -0.2) is 19.8 Å². The van der Waals surface area contributed by atoms with E-state index in [4.69, 9.17) is 9.47 Å². The Bertz CT molecular complexity index is 423. The second kappa shape index (κ2) is 6.87. The van der Waals surface area contributed by atoms with Gasteiger partial charge in [-0.15, -0.1) is 0 Å². The fraction of sp³-hybridized carbons (Fsp3) is 0.647. The Morgan fingerprint density at radius 2 is 1.85 bits per heavy atom. The molecule has 1 aliphatic carbocycles. The van der Waals surface area contributed by atoms with Gasteiger partial charge in [0.25, 0.3) is 0 Å².